The minimum atomic E-state index is -1.51. The van der Waals surface area contributed by atoms with Crippen molar-refractivity contribution < 1.29 is 29.0 Å². The maximum atomic E-state index is 13.1. The molecule has 142 valence electrons. The zero-order valence-electron chi connectivity index (χ0n) is 15.2. The summed E-state index contributed by atoms with van der Waals surface area (Å²) >= 11 is 0. The number of hydrogen-bond acceptors (Lipinski definition) is 5. The van der Waals surface area contributed by atoms with Crippen molar-refractivity contribution in [2.24, 2.45) is 11.3 Å². The number of fused-ring (bicyclic) bond motifs is 1. The molecule has 1 N–H and O–H groups in total. The molecule has 0 saturated carbocycles. The van der Waals surface area contributed by atoms with Gasteiger partial charge < -0.3 is 19.5 Å². The van der Waals surface area contributed by atoms with Gasteiger partial charge in [-0.1, -0.05) is 30.3 Å². The van der Waals surface area contributed by atoms with Crippen LogP contribution in [0.5, 0.6) is 0 Å². The minimum Gasteiger partial charge on any atom is -0.481 e. The van der Waals surface area contributed by atoms with Gasteiger partial charge in [0.25, 0.3) is 0 Å². The summed E-state index contributed by atoms with van der Waals surface area (Å²) < 4.78 is 11.1. The molecule has 1 spiro atoms. The molecule has 1 aromatic carbocycles. The third-order valence-corrected chi connectivity index (χ3v) is 5.84. The SMILES string of the molecule is CCOC(=O)C1=C[C@@]23CN(Cc4ccccc4)C(=O)[C@@H]2[C@](C)(C(=O)O)[C@@H]1O3. The normalized spacial score (nSPS) is 33.8. The second kappa shape index (κ2) is 5.92. The summed E-state index contributed by atoms with van der Waals surface area (Å²) in [6, 6.07) is 9.49. The van der Waals surface area contributed by atoms with Gasteiger partial charge in [0.15, 0.2) is 0 Å². The first kappa shape index (κ1) is 17.7. The molecular weight excluding hydrogens is 350 g/mol. The molecule has 1 aromatic rings. The molecule has 1 amide bonds. The molecule has 2 fully saturated rings. The quantitative estimate of drug-likeness (QED) is 0.786. The first-order valence-electron chi connectivity index (χ1n) is 8.97. The van der Waals surface area contributed by atoms with Crippen LogP contribution in [0.2, 0.25) is 0 Å². The summed E-state index contributed by atoms with van der Waals surface area (Å²) in [6.45, 7) is 3.94. The summed E-state index contributed by atoms with van der Waals surface area (Å²) in [6.07, 6.45) is 0.635. The Morgan fingerprint density at radius 2 is 2.04 bits per heavy atom. The molecule has 27 heavy (non-hydrogen) atoms. The Bertz CT molecular complexity index is 849. The Balaban J connectivity index is 1.72. The van der Waals surface area contributed by atoms with E-state index in [9.17, 15) is 19.5 Å². The number of aliphatic carboxylic acids is 1. The Labute approximate surface area is 156 Å². The highest BCUT2D eigenvalue weighted by Crippen LogP contribution is 2.60. The van der Waals surface area contributed by atoms with Crippen LogP contribution in [0.15, 0.2) is 42.0 Å². The Morgan fingerprint density at radius 1 is 1.33 bits per heavy atom. The van der Waals surface area contributed by atoms with Gasteiger partial charge in [0.05, 0.1) is 24.6 Å². The van der Waals surface area contributed by atoms with Crippen LogP contribution in [0.1, 0.15) is 19.4 Å². The number of hydrogen-bond donors (Lipinski definition) is 1. The Morgan fingerprint density at radius 3 is 2.67 bits per heavy atom. The minimum absolute atomic E-state index is 0.183. The molecular formula is C20H21NO6. The molecule has 0 unspecified atom stereocenters. The van der Waals surface area contributed by atoms with E-state index in [1.54, 1.807) is 17.9 Å². The molecule has 2 bridgehead atoms. The molecule has 0 aliphatic carbocycles. The third-order valence-electron chi connectivity index (χ3n) is 5.84. The van der Waals surface area contributed by atoms with E-state index in [1.807, 2.05) is 30.3 Å². The van der Waals surface area contributed by atoms with E-state index in [0.29, 0.717) is 6.54 Å². The number of nitrogens with zero attached hydrogens (tertiary/aromatic N) is 1. The number of carbonyl (C=O) groups excluding carboxylic acids is 2. The molecule has 0 aromatic heterocycles. The molecule has 2 saturated heterocycles. The molecule has 7 nitrogen and oxygen atoms in total. The van der Waals surface area contributed by atoms with E-state index in [0.717, 1.165) is 5.56 Å². The second-order valence-electron chi connectivity index (χ2n) is 7.47. The highest BCUT2D eigenvalue weighted by atomic mass is 16.6. The lowest BCUT2D eigenvalue weighted by Gasteiger charge is -2.32. The van der Waals surface area contributed by atoms with Gasteiger partial charge in [-0.3, -0.25) is 9.59 Å². The van der Waals surface area contributed by atoms with Crippen molar-refractivity contribution in [1.82, 2.24) is 4.90 Å². The average molecular weight is 371 g/mol. The fourth-order valence-electron chi connectivity index (χ4n) is 4.66. The maximum Gasteiger partial charge on any atom is 0.336 e. The van der Waals surface area contributed by atoms with E-state index in [2.05, 4.69) is 0 Å². The van der Waals surface area contributed by atoms with Gasteiger partial charge >= 0.3 is 11.9 Å². The predicted molar refractivity (Wildman–Crippen MR) is 93.4 cm³/mol. The predicted octanol–water partition coefficient (Wildman–Crippen LogP) is 1.38. The third kappa shape index (κ3) is 2.34. The number of amides is 1. The molecule has 3 aliphatic rings. The van der Waals surface area contributed by atoms with Crippen molar-refractivity contribution >= 4 is 17.8 Å². The van der Waals surface area contributed by atoms with Crippen molar-refractivity contribution in [2.75, 3.05) is 13.2 Å². The monoisotopic (exact) mass is 371 g/mol. The summed E-state index contributed by atoms with van der Waals surface area (Å²) in [5, 5.41) is 9.93. The number of rotatable bonds is 5. The largest absolute Gasteiger partial charge is 0.481 e. The number of esters is 1. The van der Waals surface area contributed by atoms with Crippen LogP contribution in [-0.4, -0.2) is 52.7 Å². The van der Waals surface area contributed by atoms with Gasteiger partial charge in [-0.15, -0.1) is 0 Å². The topological polar surface area (TPSA) is 93.1 Å². The van der Waals surface area contributed by atoms with Crippen molar-refractivity contribution in [2.45, 2.75) is 32.1 Å². The van der Waals surface area contributed by atoms with Crippen molar-refractivity contribution in [3.8, 4) is 0 Å². The van der Waals surface area contributed by atoms with Crippen molar-refractivity contribution in [3.63, 3.8) is 0 Å². The standard InChI is InChI=1S/C20H21NO6/c1-3-26-17(23)13-9-20-11-21(10-12-7-5-4-6-8-12)16(22)14(20)19(2,18(24)25)15(13)27-20/h4-9,14-15H,3,10-11H2,1-2H3,(H,24,25)/t14-,15-,19+,20-/m1/s1. The number of ether oxygens (including phenoxy) is 2. The highest BCUT2D eigenvalue weighted by Gasteiger charge is 2.75. The second-order valence-corrected chi connectivity index (χ2v) is 7.47. The summed E-state index contributed by atoms with van der Waals surface area (Å²) in [5.74, 6) is -2.86. The van der Waals surface area contributed by atoms with Crippen LogP contribution in [0.25, 0.3) is 0 Å². The average Bonchev–Trinajstić information content (AvgIpc) is 3.23. The summed E-state index contributed by atoms with van der Waals surface area (Å²) in [5.41, 5.74) is -1.47. The van der Waals surface area contributed by atoms with Crippen molar-refractivity contribution in [1.29, 1.82) is 0 Å². The van der Waals surface area contributed by atoms with Crippen LogP contribution >= 0.6 is 0 Å². The summed E-state index contributed by atoms with van der Waals surface area (Å²) in [4.78, 5) is 39.2. The van der Waals surface area contributed by atoms with Gasteiger partial charge in [-0.05, 0) is 25.5 Å². The lowest BCUT2D eigenvalue weighted by atomic mass is 9.64. The zero-order chi connectivity index (χ0) is 19.4. The molecule has 0 radical (unpaired) electrons. The number of benzene rings is 1. The van der Waals surface area contributed by atoms with Gasteiger partial charge in [0, 0.05) is 6.54 Å². The van der Waals surface area contributed by atoms with Gasteiger partial charge in [-0.2, -0.15) is 0 Å². The van der Waals surface area contributed by atoms with Crippen LogP contribution in [-0.2, 0) is 30.4 Å². The maximum absolute atomic E-state index is 13.1. The van der Waals surface area contributed by atoms with Crippen LogP contribution in [0.3, 0.4) is 0 Å². The fraction of sp³-hybridized carbons (Fsp3) is 0.450. The van der Waals surface area contributed by atoms with E-state index < -0.39 is 35.0 Å². The lowest BCUT2D eigenvalue weighted by molar-refractivity contribution is -0.157. The van der Waals surface area contributed by atoms with E-state index in [1.165, 1.54) is 6.92 Å². The Hall–Kier alpha value is -2.67. The van der Waals surface area contributed by atoms with E-state index in [-0.39, 0.29) is 24.6 Å². The fourth-order valence-corrected chi connectivity index (χ4v) is 4.66. The number of carboxylic acids is 1. The van der Waals surface area contributed by atoms with Crippen LogP contribution < -0.4 is 0 Å². The molecule has 3 heterocycles. The van der Waals surface area contributed by atoms with Gasteiger partial charge in [0.2, 0.25) is 5.91 Å². The first-order valence-corrected chi connectivity index (χ1v) is 8.97. The molecule has 4 atom stereocenters. The Kier molecular flexibility index (Phi) is 3.89. The van der Waals surface area contributed by atoms with Crippen LogP contribution in [0, 0.1) is 11.3 Å². The number of carbonyl (C=O) groups is 3. The van der Waals surface area contributed by atoms with Gasteiger partial charge in [-0.25, -0.2) is 4.79 Å². The zero-order valence-corrected chi connectivity index (χ0v) is 15.2. The van der Waals surface area contributed by atoms with Crippen molar-refractivity contribution in [3.05, 3.63) is 47.5 Å². The molecule has 7 heteroatoms. The summed E-state index contributed by atoms with van der Waals surface area (Å²) in [7, 11) is 0. The number of likely N-dealkylation sites (tertiary alicyclic amines) is 1. The first-order chi connectivity index (χ1) is 12.8. The lowest BCUT2D eigenvalue weighted by Crippen LogP contribution is -2.50. The van der Waals surface area contributed by atoms with E-state index >= 15 is 0 Å². The molecule has 4 rings (SSSR count). The van der Waals surface area contributed by atoms with Crippen LogP contribution in [0.4, 0.5) is 0 Å². The smallest absolute Gasteiger partial charge is 0.336 e. The molecule has 3 aliphatic heterocycles. The van der Waals surface area contributed by atoms with E-state index in [4.69, 9.17) is 9.47 Å². The number of carboxylic acid groups (broad SMARTS) is 1. The highest BCUT2D eigenvalue weighted by molar-refractivity contribution is 5.99. The van der Waals surface area contributed by atoms with Gasteiger partial charge in [0.1, 0.15) is 17.1 Å².